The number of carbonyl (C=O) groups excluding carboxylic acids is 1. The Kier molecular flexibility index (Phi) is 3.53. The van der Waals surface area contributed by atoms with Gasteiger partial charge >= 0.3 is 6.03 Å². The fraction of sp³-hybridized carbons (Fsp3) is 0.412. The molecule has 2 aliphatic heterocycles. The summed E-state index contributed by atoms with van der Waals surface area (Å²) < 4.78 is 10.5. The van der Waals surface area contributed by atoms with Crippen LogP contribution in [0.15, 0.2) is 41.1 Å². The predicted molar refractivity (Wildman–Crippen MR) is 85.1 cm³/mol. The van der Waals surface area contributed by atoms with Gasteiger partial charge in [0.1, 0.15) is 12.0 Å². The van der Waals surface area contributed by atoms with Gasteiger partial charge in [0.15, 0.2) is 0 Å². The van der Waals surface area contributed by atoms with Gasteiger partial charge in [0, 0.05) is 30.4 Å². The number of likely N-dealkylation sites (tertiary alicyclic amines) is 1. The second-order valence-corrected chi connectivity index (χ2v) is 6.16. The molecule has 0 radical (unpaired) electrons. The summed E-state index contributed by atoms with van der Waals surface area (Å²) in [5.74, 6) is 0. The van der Waals surface area contributed by atoms with Crippen LogP contribution in [-0.4, -0.2) is 41.4 Å². The molecule has 1 spiro atoms. The number of amides is 2. The first-order valence-electron chi connectivity index (χ1n) is 7.95. The van der Waals surface area contributed by atoms with Gasteiger partial charge in [-0.3, -0.25) is 0 Å². The summed E-state index contributed by atoms with van der Waals surface area (Å²) in [5, 5.41) is 6.85. The average molecular weight is 313 g/mol. The van der Waals surface area contributed by atoms with Crippen LogP contribution in [0, 0.1) is 0 Å². The molecule has 1 N–H and O–H groups in total. The van der Waals surface area contributed by atoms with E-state index in [1.807, 2.05) is 29.2 Å². The fourth-order valence-electron chi connectivity index (χ4n) is 3.19. The molecule has 3 heterocycles. The molecule has 120 valence electrons. The highest BCUT2D eigenvalue weighted by Crippen LogP contribution is 2.36. The summed E-state index contributed by atoms with van der Waals surface area (Å²) in [6.07, 6.45) is 4.54. The van der Waals surface area contributed by atoms with Crippen LogP contribution >= 0.6 is 0 Å². The van der Waals surface area contributed by atoms with E-state index in [1.54, 1.807) is 12.3 Å². The molecule has 2 fully saturated rings. The number of piperidine rings is 1. The summed E-state index contributed by atoms with van der Waals surface area (Å²) in [6.45, 7) is 2.37. The van der Waals surface area contributed by atoms with E-state index in [1.165, 1.54) is 0 Å². The Bertz CT molecular complexity index is 668. The molecule has 0 aliphatic carbocycles. The van der Waals surface area contributed by atoms with Crippen LogP contribution in [0.25, 0.3) is 11.3 Å². The van der Waals surface area contributed by atoms with Crippen molar-refractivity contribution in [2.45, 2.75) is 24.9 Å². The van der Waals surface area contributed by atoms with Gasteiger partial charge in [0.05, 0.1) is 12.2 Å². The smallest absolute Gasteiger partial charge is 0.321 e. The maximum Gasteiger partial charge on any atom is 0.321 e. The first kappa shape index (κ1) is 14.3. The van der Waals surface area contributed by atoms with Gasteiger partial charge < -0.3 is 19.5 Å². The highest BCUT2D eigenvalue weighted by Gasteiger charge is 2.41. The van der Waals surface area contributed by atoms with Crippen molar-refractivity contribution in [1.82, 2.24) is 10.1 Å². The maximum atomic E-state index is 12.3. The molecule has 4 rings (SSSR count). The number of hydrogen-bond donors (Lipinski definition) is 1. The minimum Gasteiger partial charge on any atom is -0.375 e. The lowest BCUT2D eigenvalue weighted by Gasteiger charge is -2.47. The topological polar surface area (TPSA) is 67.6 Å². The SMILES string of the molecule is O=C(Nc1ccc(-c2ccon2)cc1)N1CCC2(CCO2)CC1. The van der Waals surface area contributed by atoms with Crippen molar-refractivity contribution in [2.75, 3.05) is 25.0 Å². The third-order valence-electron chi connectivity index (χ3n) is 4.80. The Morgan fingerprint density at radius 2 is 1.87 bits per heavy atom. The Morgan fingerprint density at radius 1 is 1.13 bits per heavy atom. The largest absolute Gasteiger partial charge is 0.375 e. The van der Waals surface area contributed by atoms with Gasteiger partial charge in [-0.25, -0.2) is 4.79 Å². The van der Waals surface area contributed by atoms with Crippen molar-refractivity contribution >= 4 is 11.7 Å². The lowest BCUT2D eigenvalue weighted by atomic mass is 9.84. The number of hydrogen-bond acceptors (Lipinski definition) is 4. The molecule has 0 unspecified atom stereocenters. The van der Waals surface area contributed by atoms with E-state index in [4.69, 9.17) is 9.26 Å². The van der Waals surface area contributed by atoms with Crippen LogP contribution in [0.2, 0.25) is 0 Å². The molecule has 2 saturated heterocycles. The van der Waals surface area contributed by atoms with Crippen LogP contribution < -0.4 is 5.32 Å². The molecular weight excluding hydrogens is 294 g/mol. The van der Waals surface area contributed by atoms with Gasteiger partial charge in [0.2, 0.25) is 0 Å². The third-order valence-corrected chi connectivity index (χ3v) is 4.80. The van der Waals surface area contributed by atoms with Gasteiger partial charge in [0.25, 0.3) is 0 Å². The van der Waals surface area contributed by atoms with Gasteiger partial charge in [-0.05, 0) is 31.4 Å². The van der Waals surface area contributed by atoms with E-state index in [0.717, 1.165) is 55.9 Å². The van der Waals surface area contributed by atoms with E-state index >= 15 is 0 Å². The number of aromatic nitrogens is 1. The lowest BCUT2D eigenvalue weighted by molar-refractivity contribution is -0.168. The van der Waals surface area contributed by atoms with Crippen LogP contribution in [0.5, 0.6) is 0 Å². The molecule has 0 atom stereocenters. The molecule has 1 aromatic heterocycles. The number of nitrogens with one attached hydrogen (secondary N) is 1. The number of rotatable bonds is 2. The zero-order valence-electron chi connectivity index (χ0n) is 12.8. The van der Waals surface area contributed by atoms with Crippen LogP contribution in [0.4, 0.5) is 10.5 Å². The Morgan fingerprint density at radius 3 is 2.43 bits per heavy atom. The van der Waals surface area contributed by atoms with Crippen molar-refractivity contribution in [2.24, 2.45) is 0 Å². The fourth-order valence-corrected chi connectivity index (χ4v) is 3.19. The van der Waals surface area contributed by atoms with Crippen molar-refractivity contribution in [3.8, 4) is 11.3 Å². The van der Waals surface area contributed by atoms with Crippen molar-refractivity contribution < 1.29 is 14.1 Å². The first-order chi connectivity index (χ1) is 11.2. The molecule has 1 aromatic carbocycles. The lowest BCUT2D eigenvalue weighted by Crippen LogP contribution is -2.54. The third kappa shape index (κ3) is 2.82. The van der Waals surface area contributed by atoms with Gasteiger partial charge in [-0.1, -0.05) is 17.3 Å². The highest BCUT2D eigenvalue weighted by molar-refractivity contribution is 5.89. The summed E-state index contributed by atoms with van der Waals surface area (Å²) in [7, 11) is 0. The molecule has 2 aliphatic rings. The zero-order valence-corrected chi connectivity index (χ0v) is 12.8. The number of ether oxygens (including phenoxy) is 1. The standard InChI is InChI=1S/C17H19N3O3/c21-16(20-9-6-17(7-10-20)8-12-22-17)18-14-3-1-13(2-4-14)15-5-11-23-19-15/h1-5,11H,6-10,12H2,(H,18,21). The number of anilines is 1. The Hall–Kier alpha value is -2.34. The summed E-state index contributed by atoms with van der Waals surface area (Å²) in [4.78, 5) is 14.2. The van der Waals surface area contributed by atoms with E-state index in [0.29, 0.717) is 0 Å². The molecule has 0 bridgehead atoms. The monoisotopic (exact) mass is 313 g/mol. The van der Waals surface area contributed by atoms with Gasteiger partial charge in [-0.15, -0.1) is 0 Å². The molecule has 0 saturated carbocycles. The van der Waals surface area contributed by atoms with Crippen LogP contribution in [-0.2, 0) is 4.74 Å². The number of nitrogens with zero attached hydrogens (tertiary/aromatic N) is 2. The zero-order chi connectivity index (χ0) is 15.7. The predicted octanol–water partition coefficient (Wildman–Crippen LogP) is 3.13. The van der Waals surface area contributed by atoms with Crippen LogP contribution in [0.1, 0.15) is 19.3 Å². The molecular formula is C17H19N3O3. The highest BCUT2D eigenvalue weighted by atomic mass is 16.5. The second kappa shape index (κ2) is 5.70. The summed E-state index contributed by atoms with van der Waals surface area (Å²) in [6, 6.07) is 9.35. The number of carbonyl (C=O) groups is 1. The van der Waals surface area contributed by atoms with E-state index in [2.05, 4.69) is 10.5 Å². The normalized spacial score (nSPS) is 19.4. The molecule has 2 amide bonds. The maximum absolute atomic E-state index is 12.3. The van der Waals surface area contributed by atoms with Crippen molar-refractivity contribution in [3.05, 3.63) is 36.6 Å². The Labute approximate surface area is 134 Å². The first-order valence-corrected chi connectivity index (χ1v) is 7.95. The van der Waals surface area contributed by atoms with E-state index < -0.39 is 0 Å². The average Bonchev–Trinajstić information content (AvgIpc) is 3.09. The summed E-state index contributed by atoms with van der Waals surface area (Å²) in [5.41, 5.74) is 2.58. The molecule has 6 heteroatoms. The van der Waals surface area contributed by atoms with Crippen molar-refractivity contribution in [1.29, 1.82) is 0 Å². The van der Waals surface area contributed by atoms with Crippen LogP contribution in [0.3, 0.4) is 0 Å². The minimum absolute atomic E-state index is 0.0478. The van der Waals surface area contributed by atoms with E-state index in [-0.39, 0.29) is 11.6 Å². The minimum atomic E-state index is -0.0478. The molecule has 2 aromatic rings. The number of urea groups is 1. The molecule has 23 heavy (non-hydrogen) atoms. The Balaban J connectivity index is 1.35. The number of benzene rings is 1. The van der Waals surface area contributed by atoms with Crippen molar-refractivity contribution in [3.63, 3.8) is 0 Å². The van der Waals surface area contributed by atoms with E-state index in [9.17, 15) is 4.79 Å². The summed E-state index contributed by atoms with van der Waals surface area (Å²) >= 11 is 0. The quantitative estimate of drug-likeness (QED) is 0.925. The van der Waals surface area contributed by atoms with Gasteiger partial charge in [-0.2, -0.15) is 0 Å². The second-order valence-electron chi connectivity index (χ2n) is 6.16. The molecule has 6 nitrogen and oxygen atoms in total.